The minimum Gasteiger partial charge on any atom is -0.352 e. The summed E-state index contributed by atoms with van der Waals surface area (Å²) >= 11 is 0. The van der Waals surface area contributed by atoms with Gasteiger partial charge in [-0.3, -0.25) is 14.4 Å². The normalized spacial score (nSPS) is 12.4. The van der Waals surface area contributed by atoms with Crippen LogP contribution in [0.3, 0.4) is 0 Å². The molecule has 9 nitrogen and oxygen atoms in total. The molecule has 14 heteroatoms. The van der Waals surface area contributed by atoms with Gasteiger partial charge in [0.1, 0.15) is 5.56 Å². The molecule has 0 aromatic heterocycles. The first-order valence-corrected chi connectivity index (χ1v) is 13.9. The topological polar surface area (TPSA) is 136 Å². The van der Waals surface area contributed by atoms with E-state index >= 15 is 0 Å². The van der Waals surface area contributed by atoms with Crippen LogP contribution < -0.4 is 11.1 Å². The van der Waals surface area contributed by atoms with Crippen molar-refractivity contribution >= 4 is 38.6 Å². The average Bonchev–Trinajstić information content (AvgIpc) is 2.94. The Hall–Kier alpha value is -3.88. The Kier molecular flexibility index (Phi) is 11.5. The van der Waals surface area contributed by atoms with Crippen molar-refractivity contribution < 1.29 is 47.5 Å². The molecule has 3 aromatic carbocycles. The highest BCUT2D eigenvalue weighted by molar-refractivity contribution is 7.86. The molecule has 1 heterocycles. The highest BCUT2D eigenvalue weighted by Crippen LogP contribution is 2.33. The van der Waals surface area contributed by atoms with E-state index in [0.717, 1.165) is 0 Å². The van der Waals surface area contributed by atoms with Gasteiger partial charge in [0.05, 0.1) is 11.1 Å². The number of benzene rings is 3. The predicted octanol–water partition coefficient (Wildman–Crippen LogP) is 5.33. The molecule has 0 bridgehead atoms. The molecule has 0 radical (unpaired) electrons. The first-order chi connectivity index (χ1) is 19.4. The van der Waals surface area contributed by atoms with Gasteiger partial charge in [-0.15, -0.1) is 9.35 Å². The van der Waals surface area contributed by atoms with Gasteiger partial charge < -0.3 is 11.1 Å². The van der Waals surface area contributed by atoms with Gasteiger partial charge in [-0.2, -0.15) is 8.42 Å². The number of unbranched alkanes of at least 4 members (excludes halogenated alkanes) is 1. The van der Waals surface area contributed by atoms with Crippen LogP contribution in [0.2, 0.25) is 0 Å². The smallest absolute Gasteiger partial charge is 0.324 e. The molecule has 0 fully saturated rings. The molecular weight excluding hydrogens is 570 g/mol. The Morgan fingerprint density at radius 3 is 1.80 bits per heavy atom. The Morgan fingerprint density at radius 1 is 0.902 bits per heavy atom. The molecule has 0 aliphatic carbocycles. The van der Waals surface area contributed by atoms with Gasteiger partial charge in [-0.05, 0) is 31.0 Å². The van der Waals surface area contributed by atoms with Crippen molar-refractivity contribution in [1.82, 2.24) is 10.4 Å². The summed E-state index contributed by atoms with van der Waals surface area (Å²) in [7, 11) is -4.34. The fraction of sp³-hybridized carbons (Fsp3) is 0.296. The van der Waals surface area contributed by atoms with Crippen molar-refractivity contribution in [3.63, 3.8) is 0 Å². The molecule has 0 atom stereocenters. The van der Waals surface area contributed by atoms with Crippen LogP contribution in [-0.4, -0.2) is 44.8 Å². The lowest BCUT2D eigenvalue weighted by atomic mass is 9.95. The lowest BCUT2D eigenvalue weighted by Crippen LogP contribution is -2.42. The maximum Gasteiger partial charge on any atom is 0.324 e. The number of carbonyl (C=O) groups is 3. The Labute approximate surface area is 237 Å². The third-order valence-electron chi connectivity index (χ3n) is 5.42. The molecule has 1 aliphatic rings. The number of nitrogens with zero attached hydrogens (tertiary/aromatic N) is 1. The summed E-state index contributed by atoms with van der Waals surface area (Å²) in [6.07, 6.45) is 2.24. The molecular formula is C27H33F4N3O6S. The molecule has 4 rings (SSSR count). The number of nitrogens with one attached hydrogen (secondary N) is 1. The minimum absolute atomic E-state index is 0. The second kappa shape index (κ2) is 14.1. The maximum atomic E-state index is 14.7. The van der Waals surface area contributed by atoms with Crippen LogP contribution in [0, 0.1) is 23.3 Å². The zero-order valence-corrected chi connectivity index (χ0v) is 23.5. The van der Waals surface area contributed by atoms with Crippen molar-refractivity contribution in [2.24, 2.45) is 5.73 Å². The van der Waals surface area contributed by atoms with Gasteiger partial charge in [0.2, 0.25) is 0 Å². The van der Waals surface area contributed by atoms with Crippen LogP contribution in [0.15, 0.2) is 41.3 Å². The quantitative estimate of drug-likeness (QED) is 0.161. The average molecular weight is 604 g/mol. The summed E-state index contributed by atoms with van der Waals surface area (Å²) in [6.45, 7) is 5.94. The van der Waals surface area contributed by atoms with Gasteiger partial charge >= 0.3 is 10.1 Å². The Morgan fingerprint density at radius 2 is 1.37 bits per heavy atom. The standard InChI is InChI=1S/C23H16F4N2O6S.C3H8.CH5N.2H2/c1-2-3-10-28-21(30)15-16(24)18(26)20(19(27)17(15)25)36(33,34)35-29-22(31)12-8-4-6-11-7-5-9-13(14(11)12)23(29)32;1-3-2;1-2;;/h4-9H,2-3,10H2,1H3,(H,28,30);3H2,1-2H3;2H2,1H3;2*1H. The number of hydrogen-bond acceptors (Lipinski definition) is 7. The molecule has 0 spiro atoms. The molecule has 0 saturated carbocycles. The molecule has 0 saturated heterocycles. The van der Waals surface area contributed by atoms with E-state index in [2.05, 4.69) is 29.2 Å². The third kappa shape index (κ3) is 6.55. The molecule has 41 heavy (non-hydrogen) atoms. The van der Waals surface area contributed by atoms with Crippen molar-refractivity contribution in [2.45, 2.75) is 44.9 Å². The number of halogens is 4. The number of hydrogen-bond donors (Lipinski definition) is 2. The minimum atomic E-state index is -5.84. The van der Waals surface area contributed by atoms with Crippen molar-refractivity contribution in [2.75, 3.05) is 13.6 Å². The number of hydroxylamine groups is 2. The summed E-state index contributed by atoms with van der Waals surface area (Å²) in [6, 6.07) is 8.58. The lowest BCUT2D eigenvalue weighted by Gasteiger charge is -2.25. The Bertz CT molecular complexity index is 1510. The van der Waals surface area contributed by atoms with Crippen molar-refractivity contribution in [3.8, 4) is 0 Å². The second-order valence-electron chi connectivity index (χ2n) is 8.42. The summed E-state index contributed by atoms with van der Waals surface area (Å²) in [5.74, 6) is -13.6. The fourth-order valence-corrected chi connectivity index (χ4v) is 4.73. The monoisotopic (exact) mass is 603 g/mol. The second-order valence-corrected chi connectivity index (χ2v) is 9.88. The van der Waals surface area contributed by atoms with Crippen LogP contribution in [-0.2, 0) is 14.4 Å². The Balaban J connectivity index is 0.00000237. The SMILES string of the molecule is CCC.CCCCNC(=O)c1c(F)c(F)c(S(=O)(=O)ON2C(=O)c3cccc4cccc(c34)C2=O)c(F)c1F.CN.[HH].[HH]. The molecule has 0 unspecified atom stereocenters. The molecule has 3 aromatic rings. The first kappa shape index (κ1) is 33.3. The van der Waals surface area contributed by atoms with Gasteiger partial charge in [0.15, 0.2) is 28.2 Å². The zero-order valence-electron chi connectivity index (χ0n) is 22.7. The van der Waals surface area contributed by atoms with E-state index in [4.69, 9.17) is 0 Å². The number of nitrogens with two attached hydrogens (primary N) is 1. The summed E-state index contributed by atoms with van der Waals surface area (Å²) < 4.78 is 88.4. The van der Waals surface area contributed by atoms with Gasteiger partial charge in [-0.1, -0.05) is 57.9 Å². The first-order valence-electron chi connectivity index (χ1n) is 12.5. The van der Waals surface area contributed by atoms with Crippen LogP contribution in [0.4, 0.5) is 17.6 Å². The van der Waals surface area contributed by atoms with Crippen LogP contribution in [0.5, 0.6) is 0 Å². The van der Waals surface area contributed by atoms with E-state index in [-0.39, 0.29) is 31.0 Å². The predicted molar refractivity (Wildman–Crippen MR) is 147 cm³/mol. The number of carbonyl (C=O) groups excluding carboxylic acids is 3. The molecule has 226 valence electrons. The van der Waals surface area contributed by atoms with Crippen molar-refractivity contribution in [1.29, 1.82) is 0 Å². The number of amides is 3. The third-order valence-corrected chi connectivity index (χ3v) is 6.63. The lowest BCUT2D eigenvalue weighted by molar-refractivity contribution is -0.0158. The number of imide groups is 1. The van der Waals surface area contributed by atoms with Crippen LogP contribution >= 0.6 is 0 Å². The zero-order chi connectivity index (χ0) is 31.1. The highest BCUT2D eigenvalue weighted by Gasteiger charge is 2.42. The molecule has 3 N–H and O–H groups in total. The summed E-state index contributed by atoms with van der Waals surface area (Å²) in [4.78, 5) is 35.4. The van der Waals surface area contributed by atoms with E-state index in [1.54, 1.807) is 19.1 Å². The highest BCUT2D eigenvalue weighted by atomic mass is 32.2. The van der Waals surface area contributed by atoms with E-state index in [1.165, 1.54) is 37.7 Å². The van der Waals surface area contributed by atoms with E-state index < -0.39 is 61.6 Å². The van der Waals surface area contributed by atoms with Crippen LogP contribution in [0.25, 0.3) is 10.8 Å². The van der Waals surface area contributed by atoms with Gasteiger partial charge in [0.25, 0.3) is 17.7 Å². The van der Waals surface area contributed by atoms with Gasteiger partial charge in [-0.25, -0.2) is 17.6 Å². The largest absolute Gasteiger partial charge is 0.352 e. The maximum absolute atomic E-state index is 14.7. The fourth-order valence-electron chi connectivity index (χ4n) is 3.71. The van der Waals surface area contributed by atoms with E-state index in [0.29, 0.717) is 18.2 Å². The van der Waals surface area contributed by atoms with E-state index in [9.17, 15) is 40.4 Å². The van der Waals surface area contributed by atoms with Gasteiger partial charge in [0, 0.05) is 14.8 Å². The molecule has 3 amide bonds. The van der Waals surface area contributed by atoms with Crippen molar-refractivity contribution in [3.05, 3.63) is 76.4 Å². The summed E-state index contributed by atoms with van der Waals surface area (Å²) in [5.41, 5.74) is 2.51. The van der Waals surface area contributed by atoms with Crippen LogP contribution in [0.1, 0.15) is 74.0 Å². The summed E-state index contributed by atoms with van der Waals surface area (Å²) in [5, 5.41) is 2.46. The molecule has 1 aliphatic heterocycles. The number of rotatable bonds is 7. The van der Waals surface area contributed by atoms with E-state index in [1.807, 2.05) is 0 Å².